The topological polar surface area (TPSA) is 47.6 Å². The van der Waals surface area contributed by atoms with Gasteiger partial charge in [-0.15, -0.1) is 0 Å². The summed E-state index contributed by atoms with van der Waals surface area (Å²) in [5.74, 6) is -0.766. The molecule has 4 nitrogen and oxygen atoms in total. The molecule has 0 bridgehead atoms. The summed E-state index contributed by atoms with van der Waals surface area (Å²) in [5, 5.41) is 2.50. The summed E-state index contributed by atoms with van der Waals surface area (Å²) >= 11 is 0. The third-order valence-corrected chi connectivity index (χ3v) is 3.95. The van der Waals surface area contributed by atoms with Gasteiger partial charge in [0.1, 0.15) is 11.4 Å². The Morgan fingerprint density at radius 3 is 2.38 bits per heavy atom. The number of ether oxygens (including phenoxy) is 2. The van der Waals surface area contributed by atoms with Crippen LogP contribution in [0.2, 0.25) is 0 Å². The number of rotatable bonds is 8. The van der Waals surface area contributed by atoms with Gasteiger partial charge in [0.2, 0.25) is 0 Å². The summed E-state index contributed by atoms with van der Waals surface area (Å²) in [5.41, 5.74) is -1.98. The summed E-state index contributed by atoms with van der Waals surface area (Å²) in [6, 6.07) is 3.41. The zero-order valence-corrected chi connectivity index (χ0v) is 14.4. The second-order valence-electron chi connectivity index (χ2n) is 5.76. The van der Waals surface area contributed by atoms with Gasteiger partial charge in [0, 0.05) is 12.8 Å². The number of alkyl halides is 3. The molecule has 1 rings (SSSR count). The molecule has 24 heavy (non-hydrogen) atoms. The van der Waals surface area contributed by atoms with Crippen molar-refractivity contribution in [1.29, 1.82) is 0 Å². The Balaban J connectivity index is 2.97. The summed E-state index contributed by atoms with van der Waals surface area (Å²) < 4.78 is 49.2. The van der Waals surface area contributed by atoms with Gasteiger partial charge in [0.15, 0.2) is 0 Å². The molecule has 1 atom stereocenters. The van der Waals surface area contributed by atoms with E-state index in [0.29, 0.717) is 6.42 Å². The molecule has 1 N–H and O–H groups in total. The number of carbonyl (C=O) groups is 1. The number of anilines is 1. The number of methoxy groups -OCH3 is 2. The monoisotopic (exact) mass is 347 g/mol. The Hall–Kier alpha value is -1.76. The molecule has 0 radical (unpaired) electrons. The smallest absolute Gasteiger partial charge is 0.420 e. The van der Waals surface area contributed by atoms with E-state index in [1.165, 1.54) is 26.4 Å². The van der Waals surface area contributed by atoms with E-state index in [1.54, 1.807) is 6.92 Å². The van der Waals surface area contributed by atoms with E-state index in [1.807, 2.05) is 6.92 Å². The number of halogens is 3. The highest BCUT2D eigenvalue weighted by Crippen LogP contribution is 2.38. The molecule has 0 saturated heterocycles. The Morgan fingerprint density at radius 2 is 1.88 bits per heavy atom. The van der Waals surface area contributed by atoms with Crippen molar-refractivity contribution in [2.45, 2.75) is 51.3 Å². The van der Waals surface area contributed by atoms with Gasteiger partial charge in [-0.3, -0.25) is 4.79 Å². The average Bonchev–Trinajstić information content (AvgIpc) is 2.54. The Labute approximate surface area is 140 Å². The number of hydrogen-bond acceptors (Lipinski definition) is 3. The van der Waals surface area contributed by atoms with E-state index in [0.717, 1.165) is 25.3 Å². The number of amides is 1. The molecule has 0 aliphatic carbocycles. The molecular weight excluding hydrogens is 323 g/mol. The van der Waals surface area contributed by atoms with Gasteiger partial charge < -0.3 is 14.8 Å². The van der Waals surface area contributed by atoms with Crippen molar-refractivity contribution in [1.82, 2.24) is 0 Å². The summed E-state index contributed by atoms with van der Waals surface area (Å²) in [4.78, 5) is 12.4. The van der Waals surface area contributed by atoms with Crippen LogP contribution in [0.25, 0.3) is 0 Å². The summed E-state index contributed by atoms with van der Waals surface area (Å²) in [6.45, 7) is 3.67. The lowest BCUT2D eigenvalue weighted by Gasteiger charge is -2.27. The van der Waals surface area contributed by atoms with Gasteiger partial charge >= 0.3 is 6.18 Å². The third-order valence-electron chi connectivity index (χ3n) is 3.95. The van der Waals surface area contributed by atoms with E-state index in [-0.39, 0.29) is 11.4 Å². The first-order valence-corrected chi connectivity index (χ1v) is 7.79. The van der Waals surface area contributed by atoms with Crippen molar-refractivity contribution in [2.24, 2.45) is 0 Å². The fraction of sp³-hybridized carbons (Fsp3) is 0.588. The molecule has 1 aromatic carbocycles. The van der Waals surface area contributed by atoms with Crippen LogP contribution in [0.5, 0.6) is 5.75 Å². The van der Waals surface area contributed by atoms with Crippen LogP contribution in [-0.2, 0) is 15.7 Å². The van der Waals surface area contributed by atoms with Crippen LogP contribution in [0.1, 0.15) is 45.1 Å². The minimum atomic E-state index is -4.57. The minimum absolute atomic E-state index is 0.0480. The fourth-order valence-corrected chi connectivity index (χ4v) is 2.29. The van der Waals surface area contributed by atoms with Crippen LogP contribution in [0.4, 0.5) is 18.9 Å². The molecule has 1 aromatic rings. The van der Waals surface area contributed by atoms with E-state index in [4.69, 9.17) is 9.47 Å². The average molecular weight is 347 g/mol. The summed E-state index contributed by atoms with van der Waals surface area (Å²) in [6.07, 6.45) is -1.34. The lowest BCUT2D eigenvalue weighted by atomic mass is 9.96. The zero-order chi connectivity index (χ0) is 18.4. The zero-order valence-electron chi connectivity index (χ0n) is 14.4. The number of carbonyl (C=O) groups excluding carboxylic acids is 1. The van der Waals surface area contributed by atoms with Crippen molar-refractivity contribution >= 4 is 11.6 Å². The Kier molecular flexibility index (Phi) is 7.08. The maximum Gasteiger partial charge on any atom is 0.420 e. The second-order valence-corrected chi connectivity index (χ2v) is 5.76. The van der Waals surface area contributed by atoms with Crippen molar-refractivity contribution in [3.8, 4) is 5.75 Å². The van der Waals surface area contributed by atoms with Gasteiger partial charge in [0.05, 0.1) is 12.7 Å². The molecule has 0 saturated carbocycles. The van der Waals surface area contributed by atoms with Crippen LogP contribution in [-0.4, -0.2) is 25.7 Å². The molecule has 0 unspecified atom stereocenters. The predicted molar refractivity (Wildman–Crippen MR) is 86.2 cm³/mol. The van der Waals surface area contributed by atoms with Gasteiger partial charge in [-0.25, -0.2) is 0 Å². The third kappa shape index (κ3) is 5.12. The minimum Gasteiger partial charge on any atom is -0.496 e. The van der Waals surface area contributed by atoms with Gasteiger partial charge in [0.25, 0.3) is 5.91 Å². The van der Waals surface area contributed by atoms with E-state index < -0.39 is 23.2 Å². The largest absolute Gasteiger partial charge is 0.496 e. The SMILES string of the molecule is CCCCC[C@@](C)(OC)C(=O)Nc1ccc(OC)c(C(F)(F)F)c1. The van der Waals surface area contributed by atoms with Crippen molar-refractivity contribution < 1.29 is 27.4 Å². The molecule has 0 aliphatic heterocycles. The fourth-order valence-electron chi connectivity index (χ4n) is 2.29. The highest BCUT2D eigenvalue weighted by Gasteiger charge is 2.36. The van der Waals surface area contributed by atoms with Crippen LogP contribution in [0, 0.1) is 0 Å². The van der Waals surface area contributed by atoms with Gasteiger partial charge in [-0.1, -0.05) is 26.2 Å². The molecule has 0 fully saturated rings. The van der Waals surface area contributed by atoms with E-state index in [9.17, 15) is 18.0 Å². The number of unbranched alkanes of at least 4 members (excludes halogenated alkanes) is 2. The maximum absolute atomic E-state index is 13.0. The van der Waals surface area contributed by atoms with Gasteiger partial charge in [-0.2, -0.15) is 13.2 Å². The lowest BCUT2D eigenvalue weighted by molar-refractivity contribution is -0.139. The molecule has 1 amide bonds. The normalized spacial score (nSPS) is 14.1. The molecule has 7 heteroatoms. The van der Waals surface area contributed by atoms with Crippen molar-refractivity contribution in [3.63, 3.8) is 0 Å². The first-order valence-electron chi connectivity index (χ1n) is 7.79. The van der Waals surface area contributed by atoms with Crippen LogP contribution >= 0.6 is 0 Å². The molecule has 136 valence electrons. The highest BCUT2D eigenvalue weighted by atomic mass is 19.4. The molecule has 0 aliphatic rings. The van der Waals surface area contributed by atoms with Gasteiger partial charge in [-0.05, 0) is 31.5 Å². The molecular formula is C17H24F3NO3. The highest BCUT2D eigenvalue weighted by molar-refractivity contribution is 5.97. The molecule has 0 spiro atoms. The number of nitrogens with one attached hydrogen (secondary N) is 1. The van der Waals surface area contributed by atoms with E-state index in [2.05, 4.69) is 5.32 Å². The molecule has 0 aromatic heterocycles. The van der Waals surface area contributed by atoms with Crippen LogP contribution in [0.15, 0.2) is 18.2 Å². The predicted octanol–water partition coefficient (Wildman–Crippen LogP) is 4.64. The second kappa shape index (κ2) is 8.37. The Bertz CT molecular complexity index is 561. The summed E-state index contributed by atoms with van der Waals surface area (Å²) in [7, 11) is 2.58. The van der Waals surface area contributed by atoms with Crippen LogP contribution in [0.3, 0.4) is 0 Å². The molecule has 0 heterocycles. The first kappa shape index (κ1) is 20.3. The quantitative estimate of drug-likeness (QED) is 0.697. The number of benzene rings is 1. The van der Waals surface area contributed by atoms with E-state index >= 15 is 0 Å². The standard InChI is InChI=1S/C17H24F3NO3/c1-5-6-7-10-16(2,24-4)15(22)21-12-8-9-14(23-3)13(11-12)17(18,19)20/h8-9,11H,5-7,10H2,1-4H3,(H,21,22)/t16-/m1/s1. The maximum atomic E-state index is 13.0. The van der Waals surface area contributed by atoms with Crippen molar-refractivity contribution in [2.75, 3.05) is 19.5 Å². The van der Waals surface area contributed by atoms with Crippen molar-refractivity contribution in [3.05, 3.63) is 23.8 Å². The number of hydrogen-bond donors (Lipinski definition) is 1. The lowest BCUT2D eigenvalue weighted by Crippen LogP contribution is -2.42. The van der Waals surface area contributed by atoms with Crippen LogP contribution < -0.4 is 10.1 Å². The Morgan fingerprint density at radius 1 is 1.21 bits per heavy atom. The first-order chi connectivity index (χ1) is 11.2.